The summed E-state index contributed by atoms with van der Waals surface area (Å²) in [6.07, 6.45) is 3.14. The molecule has 0 radical (unpaired) electrons. The summed E-state index contributed by atoms with van der Waals surface area (Å²) in [4.78, 5) is 0. The van der Waals surface area contributed by atoms with Gasteiger partial charge in [0.1, 0.15) is 0 Å². The molecule has 0 aliphatic heterocycles. The number of nitrogens with two attached hydrogens (primary N) is 1. The molecule has 0 amide bonds. The van der Waals surface area contributed by atoms with Gasteiger partial charge in [-0.2, -0.15) is 0 Å². The monoisotopic (exact) mass is 115 g/mol. The summed E-state index contributed by atoms with van der Waals surface area (Å²) in [7, 11) is 0. The van der Waals surface area contributed by atoms with Crippen LogP contribution in [-0.4, -0.2) is 17.8 Å². The number of aliphatic hydroxyl groups is 1. The fourth-order valence-corrected chi connectivity index (χ4v) is 1.29. The molecule has 1 aliphatic carbocycles. The maximum atomic E-state index is 9.11. The van der Waals surface area contributed by atoms with Gasteiger partial charge in [0.15, 0.2) is 0 Å². The van der Waals surface area contributed by atoms with Crippen LogP contribution < -0.4 is 5.73 Å². The normalized spacial score (nSPS) is 38.2. The summed E-state index contributed by atoms with van der Waals surface area (Å²) in [6.45, 7) is 0.654. The Morgan fingerprint density at radius 3 is 2.50 bits per heavy atom. The molecule has 0 aromatic rings. The van der Waals surface area contributed by atoms with E-state index in [9.17, 15) is 0 Å². The highest BCUT2D eigenvalue weighted by Crippen LogP contribution is 2.23. The summed E-state index contributed by atoms with van der Waals surface area (Å²) in [5.74, 6) is 0.398. The van der Waals surface area contributed by atoms with Crippen molar-refractivity contribution in [2.24, 2.45) is 11.7 Å². The van der Waals surface area contributed by atoms with Gasteiger partial charge >= 0.3 is 0 Å². The van der Waals surface area contributed by atoms with Crippen LogP contribution in [0, 0.1) is 5.92 Å². The van der Waals surface area contributed by atoms with E-state index in [0.29, 0.717) is 12.5 Å². The van der Waals surface area contributed by atoms with Gasteiger partial charge in [0.05, 0.1) is 6.10 Å². The topological polar surface area (TPSA) is 46.2 Å². The van der Waals surface area contributed by atoms with Crippen molar-refractivity contribution in [1.29, 1.82) is 0 Å². The Kier molecular flexibility index (Phi) is 1.86. The molecule has 2 unspecified atom stereocenters. The number of aliphatic hydroxyl groups excluding tert-OH is 1. The van der Waals surface area contributed by atoms with Crippen LogP contribution in [0.5, 0.6) is 0 Å². The van der Waals surface area contributed by atoms with Crippen molar-refractivity contribution in [3.63, 3.8) is 0 Å². The molecule has 2 nitrogen and oxygen atoms in total. The van der Waals surface area contributed by atoms with Crippen molar-refractivity contribution in [3.05, 3.63) is 0 Å². The molecule has 2 atom stereocenters. The third-order valence-electron chi connectivity index (χ3n) is 1.92. The highest BCUT2D eigenvalue weighted by molar-refractivity contribution is 4.76. The van der Waals surface area contributed by atoms with Gasteiger partial charge in [-0.3, -0.25) is 0 Å². The molecule has 0 heterocycles. The van der Waals surface area contributed by atoms with E-state index < -0.39 is 0 Å². The third-order valence-corrected chi connectivity index (χ3v) is 1.92. The fourth-order valence-electron chi connectivity index (χ4n) is 1.29. The zero-order chi connectivity index (χ0) is 5.98. The molecule has 0 spiro atoms. The first-order valence-electron chi connectivity index (χ1n) is 3.22. The molecule has 1 aliphatic rings. The van der Waals surface area contributed by atoms with Crippen molar-refractivity contribution >= 4 is 0 Å². The molecule has 0 aromatic heterocycles. The molecule has 0 aromatic carbocycles. The molecule has 8 heavy (non-hydrogen) atoms. The van der Waals surface area contributed by atoms with Crippen molar-refractivity contribution in [2.45, 2.75) is 25.4 Å². The first kappa shape index (κ1) is 6.05. The van der Waals surface area contributed by atoms with Gasteiger partial charge in [0.25, 0.3) is 0 Å². The Morgan fingerprint density at radius 1 is 1.50 bits per heavy atom. The van der Waals surface area contributed by atoms with E-state index in [2.05, 4.69) is 0 Å². The Morgan fingerprint density at radius 2 is 2.25 bits per heavy atom. The third kappa shape index (κ3) is 1.01. The Hall–Kier alpha value is -0.0800. The Labute approximate surface area is 49.7 Å². The van der Waals surface area contributed by atoms with Crippen LogP contribution in [-0.2, 0) is 0 Å². The number of hydrogen-bond acceptors (Lipinski definition) is 2. The van der Waals surface area contributed by atoms with E-state index >= 15 is 0 Å². The predicted molar refractivity (Wildman–Crippen MR) is 32.4 cm³/mol. The molecule has 1 rings (SSSR count). The zero-order valence-corrected chi connectivity index (χ0v) is 5.01. The van der Waals surface area contributed by atoms with E-state index in [0.717, 1.165) is 19.3 Å². The van der Waals surface area contributed by atoms with Crippen LogP contribution in [0.2, 0.25) is 0 Å². The quantitative estimate of drug-likeness (QED) is 0.509. The first-order chi connectivity index (χ1) is 3.84. The smallest absolute Gasteiger partial charge is 0.0580 e. The van der Waals surface area contributed by atoms with E-state index in [1.807, 2.05) is 0 Å². The van der Waals surface area contributed by atoms with Gasteiger partial charge < -0.3 is 10.8 Å². The number of hydrogen-bond donors (Lipinski definition) is 2. The Bertz CT molecular complexity index is 74.9. The maximum Gasteiger partial charge on any atom is 0.0580 e. The van der Waals surface area contributed by atoms with Gasteiger partial charge in [-0.05, 0) is 25.3 Å². The summed E-state index contributed by atoms with van der Waals surface area (Å²) >= 11 is 0. The second kappa shape index (κ2) is 2.46. The lowest BCUT2D eigenvalue weighted by Crippen LogP contribution is -2.21. The second-order valence-corrected chi connectivity index (χ2v) is 2.49. The van der Waals surface area contributed by atoms with Gasteiger partial charge in [0, 0.05) is 0 Å². The molecule has 48 valence electrons. The zero-order valence-electron chi connectivity index (χ0n) is 5.01. The molecule has 2 heteroatoms. The van der Waals surface area contributed by atoms with Crippen LogP contribution >= 0.6 is 0 Å². The molecule has 1 fully saturated rings. The fraction of sp³-hybridized carbons (Fsp3) is 1.00. The van der Waals surface area contributed by atoms with Gasteiger partial charge in [-0.25, -0.2) is 0 Å². The molecular formula is C6H13NO. The molecular weight excluding hydrogens is 102 g/mol. The highest BCUT2D eigenvalue weighted by Gasteiger charge is 2.22. The van der Waals surface area contributed by atoms with Crippen molar-refractivity contribution < 1.29 is 5.11 Å². The van der Waals surface area contributed by atoms with Crippen molar-refractivity contribution in [3.8, 4) is 0 Å². The van der Waals surface area contributed by atoms with Crippen molar-refractivity contribution in [2.75, 3.05) is 6.54 Å². The van der Waals surface area contributed by atoms with E-state index in [1.54, 1.807) is 0 Å². The van der Waals surface area contributed by atoms with E-state index in [4.69, 9.17) is 10.8 Å². The molecule has 1 saturated carbocycles. The molecule has 0 bridgehead atoms. The van der Waals surface area contributed by atoms with E-state index in [-0.39, 0.29) is 6.10 Å². The summed E-state index contributed by atoms with van der Waals surface area (Å²) in [5.41, 5.74) is 5.36. The average molecular weight is 115 g/mol. The lowest BCUT2D eigenvalue weighted by molar-refractivity contribution is 0.136. The summed E-state index contributed by atoms with van der Waals surface area (Å²) in [5, 5.41) is 9.11. The lowest BCUT2D eigenvalue weighted by Gasteiger charge is -2.09. The second-order valence-electron chi connectivity index (χ2n) is 2.49. The van der Waals surface area contributed by atoms with Gasteiger partial charge in [0.2, 0.25) is 0 Å². The molecule has 3 N–H and O–H groups in total. The lowest BCUT2D eigenvalue weighted by atomic mass is 10.1. The Balaban J connectivity index is 2.30. The van der Waals surface area contributed by atoms with Gasteiger partial charge in [-0.15, -0.1) is 0 Å². The average Bonchev–Trinajstić information content (AvgIpc) is 2.14. The largest absolute Gasteiger partial charge is 0.393 e. The minimum Gasteiger partial charge on any atom is -0.393 e. The minimum absolute atomic E-state index is 0.0972. The van der Waals surface area contributed by atoms with Crippen LogP contribution in [0.4, 0.5) is 0 Å². The number of rotatable bonds is 1. The first-order valence-corrected chi connectivity index (χ1v) is 3.22. The summed E-state index contributed by atoms with van der Waals surface area (Å²) in [6, 6.07) is 0. The SMILES string of the molecule is NCC1CCCC1O. The van der Waals surface area contributed by atoms with Crippen LogP contribution in [0.1, 0.15) is 19.3 Å². The standard InChI is InChI=1S/C6H13NO/c7-4-5-2-1-3-6(5)8/h5-6,8H,1-4,7H2. The summed E-state index contributed by atoms with van der Waals surface area (Å²) < 4.78 is 0. The molecule has 0 saturated heterocycles. The van der Waals surface area contributed by atoms with Crippen molar-refractivity contribution in [1.82, 2.24) is 0 Å². The predicted octanol–water partition coefficient (Wildman–Crippen LogP) is 0.106. The van der Waals surface area contributed by atoms with E-state index in [1.165, 1.54) is 0 Å². The van der Waals surface area contributed by atoms with Crippen LogP contribution in [0.15, 0.2) is 0 Å². The van der Waals surface area contributed by atoms with Crippen LogP contribution in [0.3, 0.4) is 0 Å². The highest BCUT2D eigenvalue weighted by atomic mass is 16.3. The van der Waals surface area contributed by atoms with Crippen LogP contribution in [0.25, 0.3) is 0 Å². The minimum atomic E-state index is -0.0972. The van der Waals surface area contributed by atoms with Gasteiger partial charge in [-0.1, -0.05) is 6.42 Å². The maximum absolute atomic E-state index is 9.11.